The van der Waals surface area contributed by atoms with Crippen molar-refractivity contribution in [3.63, 3.8) is 0 Å². The highest BCUT2D eigenvalue weighted by atomic mass is 35.5. The maximum Gasteiger partial charge on any atom is 0.0782 e. The molecule has 0 aromatic carbocycles. The van der Waals surface area contributed by atoms with Crippen LogP contribution in [0.3, 0.4) is 0 Å². The van der Waals surface area contributed by atoms with Crippen LogP contribution in [0.25, 0.3) is 0 Å². The van der Waals surface area contributed by atoms with Crippen molar-refractivity contribution in [1.29, 1.82) is 0 Å². The molecular weight excluding hydrogens is 506 g/mol. The van der Waals surface area contributed by atoms with Crippen LogP contribution in [0.2, 0.25) is 0 Å². The van der Waals surface area contributed by atoms with E-state index in [9.17, 15) is 0 Å². The minimum absolute atomic E-state index is 0. The lowest BCUT2D eigenvalue weighted by molar-refractivity contribution is -0.890. The Kier molecular flexibility index (Phi) is 37.1. The topological polar surface area (TPSA) is 0 Å². The summed E-state index contributed by atoms with van der Waals surface area (Å²) in [6.45, 7) is 7.36. The predicted molar refractivity (Wildman–Crippen MR) is 181 cm³/mol. The molecule has 0 rings (SSSR count). The number of halogens is 1. The van der Waals surface area contributed by atoms with E-state index in [0.717, 1.165) is 0 Å². The van der Waals surface area contributed by atoms with E-state index in [1.54, 1.807) is 0 Å². The van der Waals surface area contributed by atoms with E-state index < -0.39 is 0 Å². The predicted octanol–water partition coefficient (Wildman–Crippen LogP) is 10.4. The van der Waals surface area contributed by atoms with E-state index in [1.165, 1.54) is 210 Å². The average Bonchev–Trinajstić information content (AvgIpc) is 2.92. The minimum Gasteiger partial charge on any atom is -1.00 e. The second-order valence-electron chi connectivity index (χ2n) is 13.6. The molecule has 0 aliphatic heterocycles. The molecule has 0 saturated heterocycles. The van der Waals surface area contributed by atoms with Gasteiger partial charge in [0.25, 0.3) is 0 Å². The van der Waals surface area contributed by atoms with Crippen LogP contribution in [0.4, 0.5) is 0 Å². The van der Waals surface area contributed by atoms with Crippen LogP contribution in [0, 0.1) is 0 Å². The zero-order valence-corrected chi connectivity index (χ0v) is 29.4. The maximum absolute atomic E-state index is 2.46. The van der Waals surface area contributed by atoms with Gasteiger partial charge in [0.15, 0.2) is 0 Å². The first-order valence-electron chi connectivity index (χ1n) is 18.6. The Labute approximate surface area is 262 Å². The molecule has 0 N–H and O–H groups in total. The molecule has 0 amide bonds. The Morgan fingerprint density at radius 2 is 0.550 bits per heavy atom. The third-order valence-corrected chi connectivity index (χ3v) is 8.89. The molecule has 0 unspecified atom stereocenters. The standard InChI is InChI=1S/C38H78N.ClH/c1-5-7-9-11-13-15-17-19-21-23-25-27-29-31-33-35-37-39(3,4)38-36-34-32-30-28-26-24-22-20-18-16-14-12-10-8-6-2;/h19,21H,5-18,20,22-38H2,1-4H3;1H/q+1;/p-1/b21-19+;. The quantitative estimate of drug-likeness (QED) is 0.0409. The highest BCUT2D eigenvalue weighted by Crippen LogP contribution is 2.15. The Balaban J connectivity index is 0. The second-order valence-corrected chi connectivity index (χ2v) is 13.6. The SMILES string of the molecule is CCCCCCCC/C=C/CCCCCCCC[N+](C)(C)CCCCCCCCCCCCCCCCCC.[Cl-]. The van der Waals surface area contributed by atoms with Gasteiger partial charge in [0.05, 0.1) is 27.2 Å². The molecular formula is C38H78ClN. The van der Waals surface area contributed by atoms with E-state index in [0.29, 0.717) is 0 Å². The van der Waals surface area contributed by atoms with Gasteiger partial charge in [-0.05, 0) is 51.4 Å². The lowest BCUT2D eigenvalue weighted by Gasteiger charge is -2.30. The number of nitrogens with zero attached hydrogens (tertiary/aromatic N) is 1. The van der Waals surface area contributed by atoms with Crippen molar-refractivity contribution in [2.75, 3.05) is 27.2 Å². The molecule has 1 nitrogen and oxygen atoms in total. The third kappa shape index (κ3) is 36.0. The molecule has 0 aliphatic rings. The number of hydrogen-bond acceptors (Lipinski definition) is 0. The van der Waals surface area contributed by atoms with Crippen molar-refractivity contribution in [3.8, 4) is 0 Å². The van der Waals surface area contributed by atoms with Crippen LogP contribution in [-0.4, -0.2) is 31.7 Å². The summed E-state index contributed by atoms with van der Waals surface area (Å²) in [6, 6.07) is 0. The van der Waals surface area contributed by atoms with Gasteiger partial charge in [0, 0.05) is 0 Å². The van der Waals surface area contributed by atoms with Crippen LogP contribution in [-0.2, 0) is 0 Å². The second kappa shape index (κ2) is 35.2. The van der Waals surface area contributed by atoms with Crippen LogP contribution in [0.1, 0.15) is 206 Å². The summed E-state index contributed by atoms with van der Waals surface area (Å²) < 4.78 is 1.24. The highest BCUT2D eigenvalue weighted by Gasteiger charge is 2.13. The summed E-state index contributed by atoms with van der Waals surface area (Å²) in [5.41, 5.74) is 0. The van der Waals surface area contributed by atoms with Crippen molar-refractivity contribution in [2.45, 2.75) is 206 Å². The van der Waals surface area contributed by atoms with Crippen LogP contribution in [0.5, 0.6) is 0 Å². The fraction of sp³-hybridized carbons (Fsp3) is 0.947. The first kappa shape index (κ1) is 42.1. The van der Waals surface area contributed by atoms with Gasteiger partial charge in [-0.2, -0.15) is 0 Å². The normalized spacial score (nSPS) is 11.9. The van der Waals surface area contributed by atoms with E-state index in [1.807, 2.05) is 0 Å². The van der Waals surface area contributed by atoms with Crippen LogP contribution < -0.4 is 12.4 Å². The summed E-state index contributed by atoms with van der Waals surface area (Å²) in [7, 11) is 4.92. The Bertz CT molecular complexity index is 472. The molecule has 0 aromatic rings. The monoisotopic (exact) mass is 584 g/mol. The smallest absolute Gasteiger partial charge is 0.0782 e. The molecule has 2 heteroatoms. The zero-order chi connectivity index (χ0) is 28.5. The van der Waals surface area contributed by atoms with Gasteiger partial charge >= 0.3 is 0 Å². The number of hydrogen-bond donors (Lipinski definition) is 0. The third-order valence-electron chi connectivity index (χ3n) is 8.89. The van der Waals surface area contributed by atoms with E-state index in [-0.39, 0.29) is 12.4 Å². The minimum atomic E-state index is 0. The molecule has 0 aromatic heterocycles. The first-order chi connectivity index (χ1) is 19.1. The number of allylic oxidation sites excluding steroid dienone is 2. The molecule has 0 atom stereocenters. The molecule has 0 spiro atoms. The zero-order valence-electron chi connectivity index (χ0n) is 28.6. The first-order valence-corrected chi connectivity index (χ1v) is 18.6. The fourth-order valence-electron chi connectivity index (χ4n) is 5.99. The molecule has 0 radical (unpaired) electrons. The van der Waals surface area contributed by atoms with Crippen LogP contribution in [0.15, 0.2) is 12.2 Å². The highest BCUT2D eigenvalue weighted by molar-refractivity contribution is 4.81. The van der Waals surface area contributed by atoms with Gasteiger partial charge in [0.2, 0.25) is 0 Å². The van der Waals surface area contributed by atoms with E-state index in [2.05, 4.69) is 40.1 Å². The van der Waals surface area contributed by atoms with Gasteiger partial charge in [-0.3, -0.25) is 0 Å². The molecule has 0 heterocycles. The summed E-state index contributed by atoms with van der Waals surface area (Å²) in [5.74, 6) is 0. The molecule has 0 bridgehead atoms. The van der Waals surface area contributed by atoms with Crippen molar-refractivity contribution < 1.29 is 16.9 Å². The average molecular weight is 585 g/mol. The van der Waals surface area contributed by atoms with Crippen LogP contribution >= 0.6 is 0 Å². The van der Waals surface area contributed by atoms with Gasteiger partial charge in [-0.25, -0.2) is 0 Å². The molecule has 0 fully saturated rings. The molecule has 242 valence electrons. The van der Waals surface area contributed by atoms with Crippen molar-refractivity contribution >= 4 is 0 Å². The Hall–Kier alpha value is -0.0100. The summed E-state index contributed by atoms with van der Waals surface area (Å²) in [4.78, 5) is 0. The summed E-state index contributed by atoms with van der Waals surface area (Å²) in [5, 5.41) is 0. The lowest BCUT2D eigenvalue weighted by Crippen LogP contribution is -3.00. The lowest BCUT2D eigenvalue weighted by atomic mass is 10.0. The number of quaternary nitrogens is 1. The van der Waals surface area contributed by atoms with Crippen molar-refractivity contribution in [1.82, 2.24) is 0 Å². The van der Waals surface area contributed by atoms with Crippen molar-refractivity contribution in [2.24, 2.45) is 0 Å². The van der Waals surface area contributed by atoms with Gasteiger partial charge in [-0.1, -0.05) is 167 Å². The molecule has 0 saturated carbocycles. The molecule has 0 aliphatic carbocycles. The largest absolute Gasteiger partial charge is 1.00 e. The summed E-state index contributed by atoms with van der Waals surface area (Å²) >= 11 is 0. The number of rotatable bonds is 33. The Morgan fingerprint density at radius 1 is 0.325 bits per heavy atom. The van der Waals surface area contributed by atoms with Gasteiger partial charge in [0.1, 0.15) is 0 Å². The molecule has 40 heavy (non-hydrogen) atoms. The number of unbranched alkanes of at least 4 members (excludes halogenated alkanes) is 27. The maximum atomic E-state index is 2.46. The fourth-order valence-corrected chi connectivity index (χ4v) is 5.99. The summed E-state index contributed by atoms with van der Waals surface area (Å²) in [6.07, 6.45) is 48.0. The van der Waals surface area contributed by atoms with Gasteiger partial charge < -0.3 is 16.9 Å². The van der Waals surface area contributed by atoms with Crippen molar-refractivity contribution in [3.05, 3.63) is 12.2 Å². The van der Waals surface area contributed by atoms with E-state index in [4.69, 9.17) is 0 Å². The van der Waals surface area contributed by atoms with E-state index >= 15 is 0 Å². The Morgan fingerprint density at radius 3 is 0.825 bits per heavy atom. The van der Waals surface area contributed by atoms with Gasteiger partial charge in [-0.15, -0.1) is 0 Å².